The van der Waals surface area contributed by atoms with Gasteiger partial charge in [-0.15, -0.1) is 0 Å². The molecule has 0 atom stereocenters. The highest BCUT2D eigenvalue weighted by Gasteiger charge is 2.36. The maximum Gasteiger partial charge on any atom is 0.451 e. The third-order valence-corrected chi connectivity index (χ3v) is 5.62. The molecule has 0 spiro atoms. The molecule has 0 unspecified atom stereocenters. The molecule has 1 N–H and O–H groups in total. The third-order valence-electron chi connectivity index (χ3n) is 5.62. The molecule has 1 aliphatic heterocycles. The molecule has 0 radical (unpaired) electrons. The number of hydrogen-bond donors (Lipinski definition) is 1. The normalized spacial score (nSPS) is 15.5. The number of rotatable bonds is 3. The first-order chi connectivity index (χ1) is 17.2. The van der Waals surface area contributed by atoms with Crippen LogP contribution >= 0.6 is 0 Å². The van der Waals surface area contributed by atoms with Gasteiger partial charge in [-0.05, 0) is 30.3 Å². The van der Waals surface area contributed by atoms with Crippen LogP contribution in [0, 0.1) is 5.82 Å². The van der Waals surface area contributed by atoms with Gasteiger partial charge in [-0.2, -0.15) is 13.2 Å². The van der Waals surface area contributed by atoms with E-state index < -0.39 is 23.7 Å². The number of methoxy groups -OCH3 is 1. The maximum atomic E-state index is 13.6. The zero-order valence-corrected chi connectivity index (χ0v) is 19.2. The van der Waals surface area contributed by atoms with E-state index in [9.17, 15) is 27.2 Å². The van der Waals surface area contributed by atoms with E-state index in [4.69, 9.17) is 4.74 Å². The maximum absolute atomic E-state index is 13.6. The van der Waals surface area contributed by atoms with Gasteiger partial charge in [0, 0.05) is 44.5 Å². The fraction of sp³-hybridized carbons (Fsp3) is 0.348. The lowest BCUT2D eigenvalue weighted by Crippen LogP contribution is -2.45. The molecule has 2 aromatic heterocycles. The summed E-state index contributed by atoms with van der Waals surface area (Å²) in [6, 6.07) is 6.77. The standard InChI is InChI=1S/C23H22F4N6O3/c1-36-15-3-5-17-16(12-15)20(31-22(30-17)23(25,26)27)32-9-7-28-19(34)6-8-33(11-10-32)21(35)18-4-2-14(24)13-29-18/h2-5,12-13H,6-11H2,1H3,(H,28,34). The Bertz CT molecular complexity index is 1270. The van der Waals surface area contributed by atoms with Crippen molar-refractivity contribution in [3.8, 4) is 5.75 Å². The van der Waals surface area contributed by atoms with Gasteiger partial charge in [-0.3, -0.25) is 9.59 Å². The molecule has 1 saturated heterocycles. The summed E-state index contributed by atoms with van der Waals surface area (Å²) < 4.78 is 59.3. The topological polar surface area (TPSA) is 101 Å². The van der Waals surface area contributed by atoms with Crippen LogP contribution in [0.5, 0.6) is 5.75 Å². The van der Waals surface area contributed by atoms with Crippen molar-refractivity contribution in [1.82, 2.24) is 25.2 Å². The number of alkyl halides is 3. The van der Waals surface area contributed by atoms with Crippen LogP contribution in [-0.2, 0) is 11.0 Å². The molecule has 13 heteroatoms. The molecule has 1 fully saturated rings. The van der Waals surface area contributed by atoms with E-state index in [-0.39, 0.29) is 62.1 Å². The van der Waals surface area contributed by atoms with Crippen molar-refractivity contribution >= 4 is 28.5 Å². The van der Waals surface area contributed by atoms with E-state index in [1.165, 1.54) is 36.3 Å². The average Bonchev–Trinajstić information content (AvgIpc) is 2.86. The van der Waals surface area contributed by atoms with Crippen molar-refractivity contribution in [2.75, 3.05) is 44.7 Å². The number of pyridine rings is 1. The van der Waals surface area contributed by atoms with Gasteiger partial charge in [0.2, 0.25) is 11.7 Å². The SMILES string of the molecule is COc1ccc2nc(C(F)(F)F)nc(N3CCNC(=O)CCN(C(=O)c4ccc(F)cn4)CC3)c2c1. The highest BCUT2D eigenvalue weighted by atomic mass is 19.4. The van der Waals surface area contributed by atoms with Crippen molar-refractivity contribution in [1.29, 1.82) is 0 Å². The molecule has 3 heterocycles. The van der Waals surface area contributed by atoms with Crippen molar-refractivity contribution in [3.05, 3.63) is 53.9 Å². The Labute approximate surface area is 203 Å². The second-order valence-electron chi connectivity index (χ2n) is 7.99. The Morgan fingerprint density at radius 3 is 2.58 bits per heavy atom. The van der Waals surface area contributed by atoms with Crippen LogP contribution in [-0.4, -0.2) is 71.5 Å². The molecule has 2 amide bonds. The average molecular weight is 506 g/mol. The lowest BCUT2D eigenvalue weighted by atomic mass is 10.2. The molecular formula is C23H22F4N6O3. The molecule has 1 aromatic carbocycles. The zero-order valence-electron chi connectivity index (χ0n) is 19.2. The summed E-state index contributed by atoms with van der Waals surface area (Å²) in [5.41, 5.74) is 0.0506. The van der Waals surface area contributed by atoms with Crippen LogP contribution in [0.1, 0.15) is 22.7 Å². The second-order valence-corrected chi connectivity index (χ2v) is 7.99. The molecule has 9 nitrogen and oxygen atoms in total. The minimum absolute atomic E-state index is 0.00615. The van der Waals surface area contributed by atoms with Gasteiger partial charge in [-0.1, -0.05) is 0 Å². The number of halogens is 4. The summed E-state index contributed by atoms with van der Waals surface area (Å²) in [4.78, 5) is 39.5. The molecule has 4 rings (SSSR count). The highest BCUT2D eigenvalue weighted by Crippen LogP contribution is 2.33. The Balaban J connectivity index is 1.72. The van der Waals surface area contributed by atoms with Gasteiger partial charge in [0.1, 0.15) is 23.1 Å². The molecule has 1 aliphatic rings. The number of amides is 2. The minimum Gasteiger partial charge on any atom is -0.497 e. The molecule has 36 heavy (non-hydrogen) atoms. The van der Waals surface area contributed by atoms with E-state index in [1.807, 2.05) is 0 Å². The number of benzene rings is 1. The fourth-order valence-electron chi connectivity index (χ4n) is 3.79. The van der Waals surface area contributed by atoms with Crippen molar-refractivity contribution in [2.24, 2.45) is 0 Å². The van der Waals surface area contributed by atoms with E-state index in [0.29, 0.717) is 11.1 Å². The quantitative estimate of drug-likeness (QED) is 0.545. The monoisotopic (exact) mass is 506 g/mol. The van der Waals surface area contributed by atoms with Crippen molar-refractivity contribution in [2.45, 2.75) is 12.6 Å². The summed E-state index contributed by atoms with van der Waals surface area (Å²) in [7, 11) is 1.43. The number of hydrogen-bond acceptors (Lipinski definition) is 7. The predicted octanol–water partition coefficient (Wildman–Crippen LogP) is 2.66. The van der Waals surface area contributed by atoms with Crippen LogP contribution in [0.15, 0.2) is 36.5 Å². The van der Waals surface area contributed by atoms with Crippen LogP contribution < -0.4 is 15.0 Å². The van der Waals surface area contributed by atoms with Gasteiger partial charge < -0.3 is 19.9 Å². The largest absolute Gasteiger partial charge is 0.497 e. The van der Waals surface area contributed by atoms with E-state index in [0.717, 1.165) is 12.3 Å². The number of carbonyl (C=O) groups excluding carboxylic acids is 2. The van der Waals surface area contributed by atoms with Gasteiger partial charge in [-0.25, -0.2) is 19.3 Å². The van der Waals surface area contributed by atoms with Gasteiger partial charge in [0.15, 0.2) is 0 Å². The summed E-state index contributed by atoms with van der Waals surface area (Å²) >= 11 is 0. The predicted molar refractivity (Wildman–Crippen MR) is 121 cm³/mol. The number of carbonyl (C=O) groups is 2. The highest BCUT2D eigenvalue weighted by molar-refractivity contribution is 5.93. The Morgan fingerprint density at radius 2 is 1.89 bits per heavy atom. The van der Waals surface area contributed by atoms with Gasteiger partial charge >= 0.3 is 6.18 Å². The molecule has 0 bridgehead atoms. The Hall–Kier alpha value is -4.03. The van der Waals surface area contributed by atoms with E-state index >= 15 is 0 Å². The molecule has 3 aromatic rings. The first-order valence-corrected chi connectivity index (χ1v) is 11.0. The first-order valence-electron chi connectivity index (χ1n) is 11.0. The zero-order chi connectivity index (χ0) is 25.9. The lowest BCUT2D eigenvalue weighted by molar-refractivity contribution is -0.144. The van der Waals surface area contributed by atoms with E-state index in [2.05, 4.69) is 20.3 Å². The van der Waals surface area contributed by atoms with Gasteiger partial charge in [0.25, 0.3) is 5.91 Å². The minimum atomic E-state index is -4.79. The third kappa shape index (κ3) is 5.61. The lowest BCUT2D eigenvalue weighted by Gasteiger charge is -2.31. The number of fused-ring (bicyclic) bond motifs is 1. The number of ether oxygens (including phenoxy) is 1. The second kappa shape index (κ2) is 10.3. The number of nitrogens with zero attached hydrogens (tertiary/aromatic N) is 5. The summed E-state index contributed by atoms with van der Waals surface area (Å²) in [6.07, 6.45) is -3.85. The number of nitrogens with one attached hydrogen (secondary N) is 1. The molecule has 190 valence electrons. The first kappa shape index (κ1) is 25.1. The fourth-order valence-corrected chi connectivity index (χ4v) is 3.79. The summed E-state index contributed by atoms with van der Waals surface area (Å²) in [5.74, 6) is -2.38. The number of aromatic nitrogens is 3. The summed E-state index contributed by atoms with van der Waals surface area (Å²) in [6.45, 7) is 0.488. The summed E-state index contributed by atoms with van der Waals surface area (Å²) in [5, 5.41) is 3.02. The van der Waals surface area contributed by atoms with Gasteiger partial charge in [0.05, 0.1) is 18.8 Å². The Kier molecular flexibility index (Phi) is 7.17. The van der Waals surface area contributed by atoms with Crippen LogP contribution in [0.2, 0.25) is 0 Å². The van der Waals surface area contributed by atoms with Crippen LogP contribution in [0.25, 0.3) is 10.9 Å². The molecule has 0 aliphatic carbocycles. The van der Waals surface area contributed by atoms with Crippen molar-refractivity contribution < 1.29 is 31.9 Å². The smallest absolute Gasteiger partial charge is 0.451 e. The van der Waals surface area contributed by atoms with Crippen LogP contribution in [0.4, 0.5) is 23.4 Å². The number of anilines is 1. The molecular weight excluding hydrogens is 484 g/mol. The van der Waals surface area contributed by atoms with Crippen LogP contribution in [0.3, 0.4) is 0 Å². The van der Waals surface area contributed by atoms with Crippen molar-refractivity contribution in [3.63, 3.8) is 0 Å². The van der Waals surface area contributed by atoms with E-state index in [1.54, 1.807) is 4.90 Å². The molecule has 0 saturated carbocycles. The Morgan fingerprint density at radius 1 is 1.08 bits per heavy atom.